The van der Waals surface area contributed by atoms with Gasteiger partial charge in [-0.2, -0.15) is 0 Å². The van der Waals surface area contributed by atoms with Gasteiger partial charge in [0.2, 0.25) is 11.8 Å². The van der Waals surface area contributed by atoms with E-state index in [1.54, 1.807) is 6.92 Å². The van der Waals surface area contributed by atoms with Crippen LogP contribution in [0.2, 0.25) is 0 Å². The summed E-state index contributed by atoms with van der Waals surface area (Å²) in [5.41, 5.74) is -1.17. The van der Waals surface area contributed by atoms with Gasteiger partial charge in [0.05, 0.1) is 12.5 Å². The summed E-state index contributed by atoms with van der Waals surface area (Å²) >= 11 is 0. The number of hydrogen-bond acceptors (Lipinski definition) is 4. The van der Waals surface area contributed by atoms with Crippen molar-refractivity contribution in [3.63, 3.8) is 0 Å². The van der Waals surface area contributed by atoms with Gasteiger partial charge in [-0.25, -0.2) is 0 Å². The van der Waals surface area contributed by atoms with Crippen LogP contribution in [0.5, 0.6) is 0 Å². The first kappa shape index (κ1) is 12.6. The van der Waals surface area contributed by atoms with Gasteiger partial charge >= 0.3 is 5.97 Å². The Morgan fingerprint density at radius 2 is 2.12 bits per heavy atom. The van der Waals surface area contributed by atoms with Crippen molar-refractivity contribution in [3.8, 4) is 0 Å². The highest BCUT2D eigenvalue weighted by Crippen LogP contribution is 2.22. The summed E-state index contributed by atoms with van der Waals surface area (Å²) in [5, 5.41) is 11.3. The highest BCUT2D eigenvalue weighted by Gasteiger charge is 2.44. The molecule has 2 amide bonds. The molecule has 1 aliphatic rings. The van der Waals surface area contributed by atoms with Crippen LogP contribution in [0.1, 0.15) is 27.2 Å². The van der Waals surface area contributed by atoms with Crippen molar-refractivity contribution >= 4 is 17.8 Å². The van der Waals surface area contributed by atoms with Crippen LogP contribution in [0.25, 0.3) is 0 Å². The zero-order valence-corrected chi connectivity index (χ0v) is 9.61. The third-order valence-corrected chi connectivity index (χ3v) is 2.90. The van der Waals surface area contributed by atoms with Gasteiger partial charge in [-0.15, -0.1) is 0 Å². The second-order valence-electron chi connectivity index (χ2n) is 4.28. The van der Waals surface area contributed by atoms with Gasteiger partial charge in [0.15, 0.2) is 0 Å². The SMILES string of the molecule is CCN(C1CC(=O)NC1=O)C(C)(C)C(=O)O. The second-order valence-corrected chi connectivity index (χ2v) is 4.28. The van der Waals surface area contributed by atoms with Crippen LogP contribution in [-0.4, -0.2) is 45.9 Å². The van der Waals surface area contributed by atoms with Crippen LogP contribution in [0.4, 0.5) is 0 Å². The van der Waals surface area contributed by atoms with E-state index in [-0.39, 0.29) is 12.3 Å². The number of nitrogens with zero attached hydrogens (tertiary/aromatic N) is 1. The molecule has 0 radical (unpaired) electrons. The molecule has 2 N–H and O–H groups in total. The van der Waals surface area contributed by atoms with Crippen molar-refractivity contribution in [1.82, 2.24) is 10.2 Å². The third-order valence-electron chi connectivity index (χ3n) is 2.90. The van der Waals surface area contributed by atoms with Crippen LogP contribution < -0.4 is 5.32 Å². The molecular formula is C10H16N2O4. The Kier molecular flexibility index (Phi) is 3.32. The molecule has 0 aliphatic carbocycles. The van der Waals surface area contributed by atoms with Crippen LogP contribution in [-0.2, 0) is 14.4 Å². The van der Waals surface area contributed by atoms with E-state index in [1.165, 1.54) is 18.7 Å². The third kappa shape index (κ3) is 2.06. The molecule has 6 heteroatoms. The molecule has 1 aliphatic heterocycles. The largest absolute Gasteiger partial charge is 0.480 e. The first-order chi connectivity index (χ1) is 7.30. The Bertz CT molecular complexity index is 338. The van der Waals surface area contributed by atoms with E-state index in [9.17, 15) is 14.4 Å². The number of carbonyl (C=O) groups excluding carboxylic acids is 2. The number of carbonyl (C=O) groups is 3. The molecule has 0 aromatic rings. The Labute approximate surface area is 93.6 Å². The number of likely N-dealkylation sites (N-methyl/N-ethyl adjacent to an activating group) is 1. The van der Waals surface area contributed by atoms with Gasteiger partial charge in [-0.05, 0) is 20.4 Å². The molecule has 1 atom stereocenters. The topological polar surface area (TPSA) is 86.7 Å². The quantitative estimate of drug-likeness (QED) is 0.638. The number of carboxylic acids is 1. The first-order valence-corrected chi connectivity index (χ1v) is 5.14. The molecule has 0 saturated carbocycles. The molecule has 0 bridgehead atoms. The fraction of sp³-hybridized carbons (Fsp3) is 0.700. The lowest BCUT2D eigenvalue weighted by molar-refractivity contribution is -0.152. The van der Waals surface area contributed by atoms with Crippen molar-refractivity contribution in [2.24, 2.45) is 0 Å². The van der Waals surface area contributed by atoms with E-state index >= 15 is 0 Å². The minimum atomic E-state index is -1.17. The fourth-order valence-electron chi connectivity index (χ4n) is 1.92. The molecule has 1 heterocycles. The van der Waals surface area contributed by atoms with E-state index in [2.05, 4.69) is 5.32 Å². The average Bonchev–Trinajstić information content (AvgIpc) is 2.46. The molecular weight excluding hydrogens is 212 g/mol. The van der Waals surface area contributed by atoms with E-state index in [1.807, 2.05) is 0 Å². The number of amides is 2. The zero-order chi connectivity index (χ0) is 12.5. The van der Waals surface area contributed by atoms with Gasteiger partial charge in [-0.1, -0.05) is 6.92 Å². The Balaban J connectivity index is 2.95. The number of rotatable bonds is 4. The molecule has 0 aromatic heterocycles. The summed E-state index contributed by atoms with van der Waals surface area (Å²) in [4.78, 5) is 35.2. The summed E-state index contributed by atoms with van der Waals surface area (Å²) in [6.45, 7) is 5.20. The fourth-order valence-corrected chi connectivity index (χ4v) is 1.92. The van der Waals surface area contributed by atoms with Crippen LogP contribution >= 0.6 is 0 Å². The monoisotopic (exact) mass is 228 g/mol. The molecule has 0 spiro atoms. The minimum absolute atomic E-state index is 0.0311. The molecule has 0 aromatic carbocycles. The maximum Gasteiger partial charge on any atom is 0.323 e. The first-order valence-electron chi connectivity index (χ1n) is 5.14. The normalized spacial score (nSPS) is 21.4. The van der Waals surface area contributed by atoms with Gasteiger partial charge in [0.1, 0.15) is 5.54 Å². The number of hydrogen-bond donors (Lipinski definition) is 2. The summed E-state index contributed by atoms with van der Waals surface area (Å²) in [7, 11) is 0. The van der Waals surface area contributed by atoms with Crippen molar-refractivity contribution in [2.45, 2.75) is 38.8 Å². The minimum Gasteiger partial charge on any atom is -0.480 e. The smallest absolute Gasteiger partial charge is 0.323 e. The second kappa shape index (κ2) is 4.21. The van der Waals surface area contributed by atoms with Gasteiger partial charge < -0.3 is 5.11 Å². The van der Waals surface area contributed by atoms with Crippen molar-refractivity contribution in [2.75, 3.05) is 6.54 Å². The maximum absolute atomic E-state index is 11.5. The Morgan fingerprint density at radius 1 is 1.56 bits per heavy atom. The predicted molar refractivity (Wildman–Crippen MR) is 55.6 cm³/mol. The Hall–Kier alpha value is -1.43. The lowest BCUT2D eigenvalue weighted by atomic mass is 9.99. The summed E-state index contributed by atoms with van der Waals surface area (Å²) in [6, 6.07) is -0.677. The highest BCUT2D eigenvalue weighted by atomic mass is 16.4. The van der Waals surface area contributed by atoms with Crippen molar-refractivity contribution in [1.29, 1.82) is 0 Å². The average molecular weight is 228 g/mol. The summed E-state index contributed by atoms with van der Waals surface area (Å²) in [5.74, 6) is -1.78. The molecule has 90 valence electrons. The number of aliphatic carboxylic acids is 1. The Morgan fingerprint density at radius 3 is 2.44 bits per heavy atom. The van der Waals surface area contributed by atoms with Crippen LogP contribution in [0, 0.1) is 0 Å². The number of imide groups is 1. The maximum atomic E-state index is 11.5. The summed E-state index contributed by atoms with van der Waals surface area (Å²) < 4.78 is 0. The predicted octanol–water partition coefficient (Wildman–Crippen LogP) is -0.413. The molecule has 1 saturated heterocycles. The standard InChI is InChI=1S/C10H16N2O4/c1-4-12(10(2,3)9(15)16)6-5-7(13)11-8(6)14/h6H,4-5H2,1-3H3,(H,15,16)(H,11,13,14). The van der Waals surface area contributed by atoms with E-state index < -0.39 is 23.5 Å². The van der Waals surface area contributed by atoms with Crippen LogP contribution in [0.3, 0.4) is 0 Å². The highest BCUT2D eigenvalue weighted by molar-refractivity contribution is 6.05. The molecule has 6 nitrogen and oxygen atoms in total. The zero-order valence-electron chi connectivity index (χ0n) is 9.61. The van der Waals surface area contributed by atoms with Crippen molar-refractivity contribution in [3.05, 3.63) is 0 Å². The number of carboxylic acid groups (broad SMARTS) is 1. The van der Waals surface area contributed by atoms with E-state index in [0.717, 1.165) is 0 Å². The lowest BCUT2D eigenvalue weighted by Gasteiger charge is -2.36. The lowest BCUT2D eigenvalue weighted by Crippen LogP contribution is -2.56. The molecule has 1 fully saturated rings. The van der Waals surface area contributed by atoms with Crippen LogP contribution in [0.15, 0.2) is 0 Å². The van der Waals surface area contributed by atoms with Gasteiger partial charge in [0, 0.05) is 0 Å². The molecule has 1 rings (SSSR count). The van der Waals surface area contributed by atoms with Gasteiger partial charge in [-0.3, -0.25) is 24.6 Å². The van der Waals surface area contributed by atoms with E-state index in [0.29, 0.717) is 6.54 Å². The van der Waals surface area contributed by atoms with E-state index in [4.69, 9.17) is 5.11 Å². The van der Waals surface area contributed by atoms with Gasteiger partial charge in [0.25, 0.3) is 0 Å². The van der Waals surface area contributed by atoms with Crippen molar-refractivity contribution < 1.29 is 19.5 Å². The molecule has 1 unspecified atom stereocenters. The summed E-state index contributed by atoms with van der Waals surface area (Å²) in [6.07, 6.45) is 0.0311. The number of nitrogens with one attached hydrogen (secondary N) is 1. The molecule has 16 heavy (non-hydrogen) atoms.